The zero-order chi connectivity index (χ0) is 17.6. The van der Waals surface area contributed by atoms with E-state index in [1.54, 1.807) is 29.2 Å². The van der Waals surface area contributed by atoms with Gasteiger partial charge in [0.05, 0.1) is 12.2 Å². The van der Waals surface area contributed by atoms with E-state index in [9.17, 15) is 14.0 Å². The fraction of sp³-hybridized carbons (Fsp3) is 0.263. The second kappa shape index (κ2) is 7.79. The molecule has 0 aliphatic carbocycles. The highest BCUT2D eigenvalue weighted by Gasteiger charge is 2.23. The van der Waals surface area contributed by atoms with Gasteiger partial charge in [-0.05, 0) is 30.7 Å². The highest BCUT2D eigenvalue weighted by molar-refractivity contribution is 5.95. The molecule has 0 unspecified atom stereocenters. The Morgan fingerprint density at radius 1 is 1.16 bits per heavy atom. The molecule has 2 aromatic carbocycles. The van der Waals surface area contributed by atoms with Crippen LogP contribution >= 0.6 is 0 Å². The van der Waals surface area contributed by atoms with Crippen LogP contribution in [0.4, 0.5) is 10.1 Å². The van der Waals surface area contributed by atoms with Gasteiger partial charge in [0.25, 0.3) is 5.91 Å². The normalized spacial score (nSPS) is 12.9. The summed E-state index contributed by atoms with van der Waals surface area (Å²) in [5.74, 6) is -0.161. The van der Waals surface area contributed by atoms with Gasteiger partial charge in [0.1, 0.15) is 18.2 Å². The van der Waals surface area contributed by atoms with Gasteiger partial charge in [0.15, 0.2) is 0 Å². The number of anilines is 1. The van der Waals surface area contributed by atoms with Crippen LogP contribution in [0, 0.1) is 5.82 Å². The maximum atomic E-state index is 13.4. The summed E-state index contributed by atoms with van der Waals surface area (Å²) in [7, 11) is 0. The minimum Gasteiger partial charge on any atom is -0.490 e. The van der Waals surface area contributed by atoms with Crippen LogP contribution in [0.3, 0.4) is 0 Å². The first-order valence-electron chi connectivity index (χ1n) is 8.21. The first-order valence-corrected chi connectivity index (χ1v) is 8.21. The largest absolute Gasteiger partial charge is 0.490 e. The lowest BCUT2D eigenvalue weighted by atomic mass is 10.2. The number of amides is 2. The quantitative estimate of drug-likeness (QED) is 0.850. The molecular weight excluding hydrogens is 323 g/mol. The Labute approximate surface area is 145 Å². The van der Waals surface area contributed by atoms with Gasteiger partial charge in [0.2, 0.25) is 5.91 Å². The number of hydrogen-bond donors (Lipinski definition) is 1. The van der Waals surface area contributed by atoms with E-state index in [1.165, 1.54) is 18.2 Å². The molecule has 0 atom stereocenters. The molecule has 0 radical (unpaired) electrons. The van der Waals surface area contributed by atoms with E-state index in [4.69, 9.17) is 4.74 Å². The zero-order valence-corrected chi connectivity index (χ0v) is 13.7. The third-order valence-electron chi connectivity index (χ3n) is 3.97. The van der Waals surface area contributed by atoms with E-state index in [-0.39, 0.29) is 18.2 Å². The van der Waals surface area contributed by atoms with E-state index < -0.39 is 5.82 Å². The van der Waals surface area contributed by atoms with Crippen molar-refractivity contribution in [3.8, 4) is 5.75 Å². The Hall–Kier alpha value is -2.89. The summed E-state index contributed by atoms with van der Waals surface area (Å²) in [5, 5.41) is 2.79. The lowest BCUT2D eigenvalue weighted by Crippen LogP contribution is -2.38. The van der Waals surface area contributed by atoms with E-state index in [0.717, 1.165) is 0 Å². The molecular formula is C19H19FN2O3. The van der Waals surface area contributed by atoms with Crippen LogP contribution in [0.2, 0.25) is 0 Å². The summed E-state index contributed by atoms with van der Waals surface area (Å²) in [5.41, 5.74) is 1.05. The van der Waals surface area contributed by atoms with E-state index >= 15 is 0 Å². The molecule has 2 aromatic rings. The number of benzene rings is 2. The monoisotopic (exact) mass is 342 g/mol. The Kier molecular flexibility index (Phi) is 5.28. The molecule has 3 rings (SSSR count). The summed E-state index contributed by atoms with van der Waals surface area (Å²) in [6, 6.07) is 13.1. The maximum Gasteiger partial charge on any atom is 0.251 e. The molecule has 1 heterocycles. The molecule has 6 heteroatoms. The van der Waals surface area contributed by atoms with Crippen LogP contribution in [0.25, 0.3) is 0 Å². The predicted octanol–water partition coefficient (Wildman–Crippen LogP) is 2.76. The Morgan fingerprint density at radius 2 is 1.96 bits per heavy atom. The van der Waals surface area contributed by atoms with Gasteiger partial charge in [-0.2, -0.15) is 0 Å². The number of halogens is 1. The fourth-order valence-corrected chi connectivity index (χ4v) is 2.72. The lowest BCUT2D eigenvalue weighted by Gasteiger charge is -2.29. The molecule has 1 aliphatic heterocycles. The molecule has 0 fully saturated rings. The third-order valence-corrected chi connectivity index (χ3v) is 3.97. The minimum atomic E-state index is -0.405. The molecule has 2 amide bonds. The van der Waals surface area contributed by atoms with Crippen LogP contribution in [0.15, 0.2) is 48.5 Å². The molecule has 1 N–H and O–H groups in total. The molecule has 0 aromatic heterocycles. The van der Waals surface area contributed by atoms with Crippen molar-refractivity contribution in [1.29, 1.82) is 0 Å². The van der Waals surface area contributed by atoms with Crippen molar-refractivity contribution in [2.75, 3.05) is 24.6 Å². The second-order valence-electron chi connectivity index (χ2n) is 5.73. The number of carbonyl (C=O) groups is 2. The highest BCUT2D eigenvalue weighted by atomic mass is 19.1. The molecule has 0 saturated heterocycles. The van der Waals surface area contributed by atoms with Crippen LogP contribution in [0.5, 0.6) is 5.75 Å². The number of fused-ring (bicyclic) bond motifs is 1. The summed E-state index contributed by atoms with van der Waals surface area (Å²) in [6.07, 6.45) is 0.782. The van der Waals surface area contributed by atoms with Crippen molar-refractivity contribution in [1.82, 2.24) is 5.32 Å². The van der Waals surface area contributed by atoms with Crippen LogP contribution in [-0.2, 0) is 4.79 Å². The Bertz CT molecular complexity index is 765. The topological polar surface area (TPSA) is 58.6 Å². The molecule has 130 valence electrons. The van der Waals surface area contributed by atoms with Crippen LogP contribution in [0.1, 0.15) is 23.2 Å². The number of hydrogen-bond acceptors (Lipinski definition) is 3. The minimum absolute atomic E-state index is 0.107. The van der Waals surface area contributed by atoms with Crippen LogP contribution in [-0.4, -0.2) is 31.5 Å². The third kappa shape index (κ3) is 4.15. The van der Waals surface area contributed by atoms with E-state index in [0.29, 0.717) is 43.1 Å². The summed E-state index contributed by atoms with van der Waals surface area (Å²) < 4.78 is 18.9. The van der Waals surface area contributed by atoms with Crippen molar-refractivity contribution < 1.29 is 18.7 Å². The van der Waals surface area contributed by atoms with Gasteiger partial charge in [-0.1, -0.05) is 18.2 Å². The highest BCUT2D eigenvalue weighted by Crippen LogP contribution is 2.32. The van der Waals surface area contributed by atoms with E-state index in [1.807, 2.05) is 6.07 Å². The summed E-state index contributed by atoms with van der Waals surface area (Å²) in [6.45, 7) is 1.18. The van der Waals surface area contributed by atoms with Crippen molar-refractivity contribution in [2.24, 2.45) is 0 Å². The Morgan fingerprint density at radius 3 is 2.76 bits per heavy atom. The fourth-order valence-electron chi connectivity index (χ4n) is 2.72. The number of ether oxygens (including phenoxy) is 1. The average Bonchev–Trinajstić information content (AvgIpc) is 2.65. The van der Waals surface area contributed by atoms with Crippen LogP contribution < -0.4 is 15.0 Å². The predicted molar refractivity (Wildman–Crippen MR) is 92.3 cm³/mol. The number of nitrogens with zero attached hydrogens (tertiary/aromatic N) is 1. The van der Waals surface area contributed by atoms with Crippen molar-refractivity contribution in [3.63, 3.8) is 0 Å². The SMILES string of the molecule is O=C(NCCCC(=O)N1CCOc2ccc(F)cc21)c1ccccc1. The maximum absolute atomic E-state index is 13.4. The van der Waals surface area contributed by atoms with E-state index in [2.05, 4.69) is 5.32 Å². The molecule has 25 heavy (non-hydrogen) atoms. The first-order chi connectivity index (χ1) is 12.1. The molecule has 5 nitrogen and oxygen atoms in total. The van der Waals surface area contributed by atoms with Gasteiger partial charge < -0.3 is 15.0 Å². The van der Waals surface area contributed by atoms with Gasteiger partial charge >= 0.3 is 0 Å². The first kappa shape index (κ1) is 17.0. The second-order valence-corrected chi connectivity index (χ2v) is 5.73. The number of carbonyl (C=O) groups excluding carboxylic acids is 2. The van der Waals surface area contributed by atoms with Gasteiger partial charge in [-0.25, -0.2) is 4.39 Å². The lowest BCUT2D eigenvalue weighted by molar-refractivity contribution is -0.118. The summed E-state index contributed by atoms with van der Waals surface area (Å²) >= 11 is 0. The molecule has 0 spiro atoms. The van der Waals surface area contributed by atoms with Gasteiger partial charge in [0, 0.05) is 24.6 Å². The van der Waals surface area contributed by atoms with Crippen molar-refractivity contribution in [2.45, 2.75) is 12.8 Å². The number of nitrogens with one attached hydrogen (secondary N) is 1. The number of rotatable bonds is 5. The van der Waals surface area contributed by atoms with Crippen molar-refractivity contribution in [3.05, 3.63) is 59.9 Å². The Balaban J connectivity index is 1.51. The smallest absolute Gasteiger partial charge is 0.251 e. The zero-order valence-electron chi connectivity index (χ0n) is 13.7. The standard InChI is InChI=1S/C19H19FN2O3/c20-15-8-9-17-16(13-15)22(11-12-25-17)18(23)7-4-10-21-19(24)14-5-2-1-3-6-14/h1-3,5-6,8-9,13H,4,7,10-12H2,(H,21,24). The molecule has 0 saturated carbocycles. The van der Waals surface area contributed by atoms with Gasteiger partial charge in [-0.15, -0.1) is 0 Å². The summed E-state index contributed by atoms with van der Waals surface area (Å²) in [4.78, 5) is 25.9. The molecule has 0 bridgehead atoms. The van der Waals surface area contributed by atoms with Crippen molar-refractivity contribution >= 4 is 17.5 Å². The van der Waals surface area contributed by atoms with Gasteiger partial charge in [-0.3, -0.25) is 9.59 Å². The molecule has 1 aliphatic rings. The average molecular weight is 342 g/mol.